The molecule has 0 unspecified atom stereocenters. The number of aryl methyl sites for hydroxylation is 1. The topological polar surface area (TPSA) is 52.2 Å². The molecule has 0 N–H and O–H groups in total. The van der Waals surface area contributed by atoms with Crippen molar-refractivity contribution in [3.8, 4) is 0 Å². The van der Waals surface area contributed by atoms with Crippen molar-refractivity contribution in [2.75, 3.05) is 0 Å². The third-order valence-corrected chi connectivity index (χ3v) is 4.00. The zero-order valence-corrected chi connectivity index (χ0v) is 13.5. The summed E-state index contributed by atoms with van der Waals surface area (Å²) in [5.41, 5.74) is 2.05. The molecule has 116 valence electrons. The van der Waals surface area contributed by atoms with Gasteiger partial charge in [-0.05, 0) is 11.6 Å². The van der Waals surface area contributed by atoms with Gasteiger partial charge in [-0.25, -0.2) is 0 Å². The summed E-state index contributed by atoms with van der Waals surface area (Å²) in [6.07, 6.45) is 8.65. The first-order valence-corrected chi connectivity index (χ1v) is 8.02. The number of hydrogen-bond acceptors (Lipinski definition) is 3. The van der Waals surface area contributed by atoms with E-state index in [1.165, 1.54) is 23.0 Å². The fraction of sp³-hybridized carbons (Fsp3) is 0.118. The van der Waals surface area contributed by atoms with Crippen molar-refractivity contribution in [2.24, 2.45) is 12.0 Å². The number of carbonyl (C=O) groups excluding carboxylic acids is 1. The van der Waals surface area contributed by atoms with Gasteiger partial charge in [-0.1, -0.05) is 30.3 Å². The molecule has 0 spiro atoms. The number of hydrogen-bond donors (Lipinski definition) is 0. The van der Waals surface area contributed by atoms with E-state index in [1.54, 1.807) is 17.0 Å². The van der Waals surface area contributed by atoms with Crippen LogP contribution in [-0.2, 0) is 18.4 Å². The standard InChI is InChI=1S/C17H16N4OS/c1-20-12-15(11-18-20)7-8-16(22)19-17-21(9-10-23-17)13-14-5-3-2-4-6-14/h2-12H,13H2,1H3/b8-7+,19-17?. The Bertz CT molecular complexity index is 886. The van der Waals surface area contributed by atoms with E-state index in [4.69, 9.17) is 0 Å². The highest BCUT2D eigenvalue weighted by molar-refractivity contribution is 7.07. The SMILES string of the molecule is Cn1cc(/C=C/C(=O)N=c2sccn2Cc2ccccc2)cn1. The van der Waals surface area contributed by atoms with Gasteiger partial charge in [0.1, 0.15) is 0 Å². The third-order valence-electron chi connectivity index (χ3n) is 3.20. The van der Waals surface area contributed by atoms with Crippen molar-refractivity contribution in [1.29, 1.82) is 0 Å². The predicted molar refractivity (Wildman–Crippen MR) is 90.7 cm³/mol. The summed E-state index contributed by atoms with van der Waals surface area (Å²) in [6, 6.07) is 10.1. The van der Waals surface area contributed by atoms with Gasteiger partial charge in [0, 0.05) is 43.0 Å². The van der Waals surface area contributed by atoms with Crippen LogP contribution in [0.2, 0.25) is 0 Å². The molecule has 6 heteroatoms. The number of thiazole rings is 1. The zero-order valence-electron chi connectivity index (χ0n) is 12.7. The second kappa shape index (κ2) is 7.02. The van der Waals surface area contributed by atoms with Crippen molar-refractivity contribution in [3.05, 3.63) is 76.3 Å². The van der Waals surface area contributed by atoms with E-state index in [1.807, 2.05) is 47.6 Å². The van der Waals surface area contributed by atoms with Crippen LogP contribution in [0.15, 0.2) is 65.4 Å². The van der Waals surface area contributed by atoms with Crippen LogP contribution in [-0.4, -0.2) is 20.3 Å². The highest BCUT2D eigenvalue weighted by Gasteiger charge is 2.00. The Kier molecular flexibility index (Phi) is 4.63. The van der Waals surface area contributed by atoms with Crippen molar-refractivity contribution < 1.29 is 4.79 Å². The Morgan fingerprint density at radius 1 is 1.35 bits per heavy atom. The van der Waals surface area contributed by atoms with Crippen LogP contribution in [0.1, 0.15) is 11.1 Å². The molecule has 1 amide bonds. The first-order chi connectivity index (χ1) is 11.2. The minimum atomic E-state index is -0.280. The monoisotopic (exact) mass is 324 g/mol. The second-order valence-corrected chi connectivity index (χ2v) is 5.90. The molecule has 1 aromatic carbocycles. The Hall–Kier alpha value is -2.73. The fourth-order valence-electron chi connectivity index (χ4n) is 2.11. The van der Waals surface area contributed by atoms with E-state index in [-0.39, 0.29) is 5.91 Å². The van der Waals surface area contributed by atoms with Crippen molar-refractivity contribution in [2.45, 2.75) is 6.54 Å². The molecule has 23 heavy (non-hydrogen) atoms. The molecular weight excluding hydrogens is 308 g/mol. The molecule has 0 aliphatic rings. The molecule has 0 atom stereocenters. The van der Waals surface area contributed by atoms with Gasteiger partial charge in [0.15, 0.2) is 4.80 Å². The number of benzene rings is 1. The van der Waals surface area contributed by atoms with Gasteiger partial charge < -0.3 is 4.57 Å². The summed E-state index contributed by atoms with van der Waals surface area (Å²) >= 11 is 1.45. The van der Waals surface area contributed by atoms with Gasteiger partial charge in [0.2, 0.25) is 0 Å². The highest BCUT2D eigenvalue weighted by atomic mass is 32.1. The maximum Gasteiger partial charge on any atom is 0.272 e. The molecule has 0 bridgehead atoms. The highest BCUT2D eigenvalue weighted by Crippen LogP contribution is 2.02. The van der Waals surface area contributed by atoms with Gasteiger partial charge in [-0.2, -0.15) is 10.1 Å². The van der Waals surface area contributed by atoms with Crippen LogP contribution in [0.3, 0.4) is 0 Å². The predicted octanol–water partition coefficient (Wildman–Crippen LogP) is 2.47. The summed E-state index contributed by atoms with van der Waals surface area (Å²) in [6.45, 7) is 0.697. The summed E-state index contributed by atoms with van der Waals surface area (Å²) in [5, 5.41) is 5.98. The number of carbonyl (C=O) groups is 1. The molecule has 0 aliphatic heterocycles. The third kappa shape index (κ3) is 4.14. The first-order valence-electron chi connectivity index (χ1n) is 7.14. The Morgan fingerprint density at radius 2 is 2.17 bits per heavy atom. The van der Waals surface area contributed by atoms with Gasteiger partial charge in [0.05, 0.1) is 6.20 Å². The van der Waals surface area contributed by atoms with Crippen molar-refractivity contribution in [1.82, 2.24) is 14.3 Å². The second-order valence-electron chi connectivity index (χ2n) is 5.03. The lowest BCUT2D eigenvalue weighted by Crippen LogP contribution is -2.16. The van der Waals surface area contributed by atoms with Gasteiger partial charge in [0.25, 0.3) is 5.91 Å². The molecule has 0 aliphatic carbocycles. The van der Waals surface area contributed by atoms with Crippen molar-refractivity contribution >= 4 is 23.3 Å². The van der Waals surface area contributed by atoms with Crippen LogP contribution in [0.5, 0.6) is 0 Å². The van der Waals surface area contributed by atoms with Crippen LogP contribution in [0.4, 0.5) is 0 Å². The Morgan fingerprint density at radius 3 is 2.91 bits per heavy atom. The average Bonchev–Trinajstić information content (AvgIpc) is 3.16. The molecule has 3 aromatic rings. The van der Waals surface area contributed by atoms with E-state index in [9.17, 15) is 4.79 Å². The van der Waals surface area contributed by atoms with E-state index >= 15 is 0 Å². The van der Waals surface area contributed by atoms with Gasteiger partial charge in [-0.15, -0.1) is 11.3 Å². The number of aromatic nitrogens is 3. The molecule has 5 nitrogen and oxygen atoms in total. The zero-order chi connectivity index (χ0) is 16.1. The van der Waals surface area contributed by atoms with Gasteiger partial charge in [-0.3, -0.25) is 9.48 Å². The summed E-state index contributed by atoms with van der Waals surface area (Å²) < 4.78 is 3.66. The fourth-order valence-corrected chi connectivity index (χ4v) is 2.85. The molecule has 2 heterocycles. The molecule has 0 saturated carbocycles. The normalized spacial score (nSPS) is 12.1. The summed E-state index contributed by atoms with van der Waals surface area (Å²) in [5.74, 6) is -0.280. The van der Waals surface area contributed by atoms with Crippen LogP contribution in [0.25, 0.3) is 6.08 Å². The minimum absolute atomic E-state index is 0.280. The molecule has 0 saturated heterocycles. The molecule has 0 fully saturated rings. The molecular formula is C17H16N4OS. The van der Waals surface area contributed by atoms with Crippen LogP contribution >= 0.6 is 11.3 Å². The van der Waals surface area contributed by atoms with E-state index in [0.717, 1.165) is 5.56 Å². The smallest absolute Gasteiger partial charge is 0.272 e. The first kappa shape index (κ1) is 15.2. The summed E-state index contributed by atoms with van der Waals surface area (Å²) in [7, 11) is 1.84. The lowest BCUT2D eigenvalue weighted by molar-refractivity contribution is -0.113. The van der Waals surface area contributed by atoms with E-state index in [0.29, 0.717) is 11.3 Å². The minimum Gasteiger partial charge on any atom is -0.319 e. The number of nitrogens with zero attached hydrogens (tertiary/aromatic N) is 4. The van der Waals surface area contributed by atoms with Crippen LogP contribution < -0.4 is 4.80 Å². The summed E-state index contributed by atoms with van der Waals surface area (Å²) in [4.78, 5) is 16.9. The molecule has 3 rings (SSSR count). The van der Waals surface area contributed by atoms with E-state index < -0.39 is 0 Å². The largest absolute Gasteiger partial charge is 0.319 e. The van der Waals surface area contributed by atoms with Gasteiger partial charge >= 0.3 is 0 Å². The molecule has 2 aromatic heterocycles. The number of amides is 1. The Balaban J connectivity index is 1.76. The Labute approximate surface area is 137 Å². The quantitative estimate of drug-likeness (QED) is 0.692. The van der Waals surface area contributed by atoms with E-state index in [2.05, 4.69) is 22.2 Å². The van der Waals surface area contributed by atoms with Crippen LogP contribution in [0, 0.1) is 0 Å². The van der Waals surface area contributed by atoms with Crippen molar-refractivity contribution in [3.63, 3.8) is 0 Å². The maximum atomic E-state index is 12.0. The number of rotatable bonds is 4. The lowest BCUT2D eigenvalue weighted by atomic mass is 10.2. The molecule has 0 radical (unpaired) electrons. The lowest BCUT2D eigenvalue weighted by Gasteiger charge is -2.02. The average molecular weight is 324 g/mol. The maximum absolute atomic E-state index is 12.0.